The highest BCUT2D eigenvalue weighted by molar-refractivity contribution is 4.91. The lowest BCUT2D eigenvalue weighted by molar-refractivity contribution is 0.171. The molecule has 104 valence electrons. The molecule has 2 saturated heterocycles. The molecule has 0 aromatic carbocycles. The summed E-state index contributed by atoms with van der Waals surface area (Å²) in [5.41, 5.74) is 0. The van der Waals surface area contributed by atoms with Crippen molar-refractivity contribution in [3.05, 3.63) is 0 Å². The monoisotopic (exact) mass is 252 g/mol. The summed E-state index contributed by atoms with van der Waals surface area (Å²) in [5, 5.41) is 3.65. The molecule has 1 aliphatic carbocycles. The molecular weight excluding hydrogens is 224 g/mol. The van der Waals surface area contributed by atoms with Crippen molar-refractivity contribution in [3.8, 4) is 0 Å². The summed E-state index contributed by atoms with van der Waals surface area (Å²) in [5.74, 6) is 2.76. The number of hydrogen-bond acceptors (Lipinski definition) is 3. The van der Waals surface area contributed by atoms with Crippen LogP contribution in [-0.2, 0) is 4.74 Å². The van der Waals surface area contributed by atoms with Gasteiger partial charge in [0.05, 0.1) is 13.2 Å². The van der Waals surface area contributed by atoms with E-state index in [4.69, 9.17) is 4.74 Å². The van der Waals surface area contributed by atoms with Gasteiger partial charge in [-0.3, -0.25) is 0 Å². The minimum Gasteiger partial charge on any atom is -0.379 e. The number of nitrogens with zero attached hydrogens (tertiary/aromatic N) is 1. The van der Waals surface area contributed by atoms with Crippen molar-refractivity contribution < 1.29 is 4.74 Å². The van der Waals surface area contributed by atoms with E-state index < -0.39 is 0 Å². The van der Waals surface area contributed by atoms with Crippen LogP contribution in [-0.4, -0.2) is 50.3 Å². The first-order valence-corrected chi connectivity index (χ1v) is 7.90. The Balaban J connectivity index is 1.47. The van der Waals surface area contributed by atoms with Crippen molar-refractivity contribution in [3.63, 3.8) is 0 Å². The van der Waals surface area contributed by atoms with Gasteiger partial charge in [0.15, 0.2) is 0 Å². The van der Waals surface area contributed by atoms with Gasteiger partial charge in [-0.25, -0.2) is 0 Å². The molecule has 3 rings (SSSR count). The quantitative estimate of drug-likeness (QED) is 0.806. The van der Waals surface area contributed by atoms with Gasteiger partial charge in [-0.2, -0.15) is 0 Å². The van der Waals surface area contributed by atoms with Crippen LogP contribution in [0.4, 0.5) is 0 Å². The second-order valence-electron chi connectivity index (χ2n) is 6.53. The standard InChI is InChI=1S/C15H28N2O/c1-2-6-16-15-11-18-10-14(15)9-17-7-12-4-3-5-13(12)8-17/h12-16H,2-11H2,1H3. The Hall–Kier alpha value is -0.120. The van der Waals surface area contributed by atoms with E-state index in [2.05, 4.69) is 17.1 Å². The lowest BCUT2D eigenvalue weighted by Crippen LogP contribution is -2.41. The lowest BCUT2D eigenvalue weighted by Gasteiger charge is -2.25. The van der Waals surface area contributed by atoms with Gasteiger partial charge in [0.2, 0.25) is 0 Å². The summed E-state index contributed by atoms with van der Waals surface area (Å²) in [6.45, 7) is 9.24. The first kappa shape index (κ1) is 12.9. The van der Waals surface area contributed by atoms with Gasteiger partial charge < -0.3 is 15.0 Å². The van der Waals surface area contributed by atoms with Crippen LogP contribution in [0.2, 0.25) is 0 Å². The SMILES string of the molecule is CCCNC1COCC1CN1CC2CCCC2C1. The molecule has 1 saturated carbocycles. The van der Waals surface area contributed by atoms with Gasteiger partial charge in [0.1, 0.15) is 0 Å². The minimum absolute atomic E-state index is 0.602. The van der Waals surface area contributed by atoms with Crippen LogP contribution in [0.5, 0.6) is 0 Å². The van der Waals surface area contributed by atoms with E-state index in [1.807, 2.05) is 0 Å². The average Bonchev–Trinajstić information content (AvgIpc) is 3.02. The number of ether oxygens (including phenoxy) is 1. The maximum atomic E-state index is 5.68. The van der Waals surface area contributed by atoms with E-state index in [1.54, 1.807) is 0 Å². The maximum absolute atomic E-state index is 5.68. The van der Waals surface area contributed by atoms with Gasteiger partial charge in [0.25, 0.3) is 0 Å². The summed E-state index contributed by atoms with van der Waals surface area (Å²) in [6.07, 6.45) is 5.67. The molecule has 18 heavy (non-hydrogen) atoms. The summed E-state index contributed by atoms with van der Waals surface area (Å²) >= 11 is 0. The summed E-state index contributed by atoms with van der Waals surface area (Å²) < 4.78 is 5.68. The van der Waals surface area contributed by atoms with Crippen molar-refractivity contribution in [1.29, 1.82) is 0 Å². The van der Waals surface area contributed by atoms with Crippen molar-refractivity contribution in [2.45, 2.75) is 38.6 Å². The van der Waals surface area contributed by atoms with E-state index in [0.29, 0.717) is 6.04 Å². The molecule has 4 unspecified atom stereocenters. The van der Waals surface area contributed by atoms with Crippen molar-refractivity contribution >= 4 is 0 Å². The fraction of sp³-hybridized carbons (Fsp3) is 1.00. The molecule has 0 aromatic rings. The molecule has 3 nitrogen and oxygen atoms in total. The minimum atomic E-state index is 0.602. The van der Waals surface area contributed by atoms with Crippen LogP contribution in [0.3, 0.4) is 0 Å². The number of rotatable bonds is 5. The van der Waals surface area contributed by atoms with Gasteiger partial charge in [-0.05, 0) is 37.6 Å². The number of likely N-dealkylation sites (tertiary alicyclic amines) is 1. The Morgan fingerprint density at radius 3 is 2.67 bits per heavy atom. The molecule has 3 fully saturated rings. The topological polar surface area (TPSA) is 24.5 Å². The Morgan fingerprint density at radius 1 is 1.17 bits per heavy atom. The molecule has 4 atom stereocenters. The molecule has 2 heterocycles. The molecule has 2 aliphatic heterocycles. The second-order valence-corrected chi connectivity index (χ2v) is 6.53. The maximum Gasteiger partial charge on any atom is 0.0623 e. The Bertz CT molecular complexity index is 259. The van der Waals surface area contributed by atoms with Crippen LogP contribution in [0.1, 0.15) is 32.6 Å². The lowest BCUT2D eigenvalue weighted by atomic mass is 10.0. The molecule has 3 aliphatic rings. The van der Waals surface area contributed by atoms with Crippen LogP contribution in [0.25, 0.3) is 0 Å². The van der Waals surface area contributed by atoms with E-state index in [0.717, 1.165) is 37.5 Å². The molecular formula is C15H28N2O. The number of hydrogen-bond donors (Lipinski definition) is 1. The molecule has 0 amide bonds. The summed E-state index contributed by atoms with van der Waals surface area (Å²) in [6, 6.07) is 0.602. The highest BCUT2D eigenvalue weighted by Gasteiger charge is 2.38. The predicted molar refractivity (Wildman–Crippen MR) is 73.7 cm³/mol. The largest absolute Gasteiger partial charge is 0.379 e. The van der Waals surface area contributed by atoms with Gasteiger partial charge in [-0.1, -0.05) is 13.3 Å². The molecule has 3 heteroatoms. The third kappa shape index (κ3) is 2.73. The van der Waals surface area contributed by atoms with E-state index in [9.17, 15) is 0 Å². The van der Waals surface area contributed by atoms with Crippen LogP contribution in [0.15, 0.2) is 0 Å². The van der Waals surface area contributed by atoms with E-state index >= 15 is 0 Å². The van der Waals surface area contributed by atoms with Crippen molar-refractivity contribution in [2.24, 2.45) is 17.8 Å². The smallest absolute Gasteiger partial charge is 0.0623 e. The Labute approximate surface area is 111 Å². The first-order chi connectivity index (χ1) is 8.86. The van der Waals surface area contributed by atoms with Gasteiger partial charge >= 0.3 is 0 Å². The van der Waals surface area contributed by atoms with E-state index in [-0.39, 0.29) is 0 Å². The summed E-state index contributed by atoms with van der Waals surface area (Å²) in [4.78, 5) is 2.72. The van der Waals surface area contributed by atoms with Gasteiger partial charge in [-0.15, -0.1) is 0 Å². The van der Waals surface area contributed by atoms with Crippen molar-refractivity contribution in [2.75, 3.05) is 39.4 Å². The normalized spacial score (nSPS) is 40.5. The van der Waals surface area contributed by atoms with Crippen molar-refractivity contribution in [1.82, 2.24) is 10.2 Å². The molecule has 0 bridgehead atoms. The second kappa shape index (κ2) is 5.89. The highest BCUT2D eigenvalue weighted by Crippen LogP contribution is 2.38. The molecule has 0 radical (unpaired) electrons. The third-order valence-corrected chi connectivity index (χ3v) is 5.15. The Kier molecular flexibility index (Phi) is 4.22. The van der Waals surface area contributed by atoms with Crippen LogP contribution in [0, 0.1) is 17.8 Å². The molecule has 0 spiro atoms. The fourth-order valence-corrected chi connectivity index (χ4v) is 4.15. The highest BCUT2D eigenvalue weighted by atomic mass is 16.5. The van der Waals surface area contributed by atoms with Crippen LogP contribution < -0.4 is 5.32 Å². The average molecular weight is 252 g/mol. The van der Waals surface area contributed by atoms with Gasteiger partial charge in [0, 0.05) is 31.6 Å². The van der Waals surface area contributed by atoms with Crippen LogP contribution >= 0.6 is 0 Å². The molecule has 1 N–H and O–H groups in total. The predicted octanol–water partition coefficient (Wildman–Crippen LogP) is 1.73. The zero-order valence-electron chi connectivity index (χ0n) is 11.7. The summed E-state index contributed by atoms with van der Waals surface area (Å²) in [7, 11) is 0. The van der Waals surface area contributed by atoms with E-state index in [1.165, 1.54) is 45.3 Å². The Morgan fingerprint density at radius 2 is 1.94 bits per heavy atom. The third-order valence-electron chi connectivity index (χ3n) is 5.15. The molecule has 0 aromatic heterocycles. The number of nitrogens with one attached hydrogen (secondary N) is 1. The zero-order chi connectivity index (χ0) is 12.4. The zero-order valence-corrected chi connectivity index (χ0v) is 11.7. The number of fused-ring (bicyclic) bond motifs is 1. The first-order valence-electron chi connectivity index (χ1n) is 7.90. The fourth-order valence-electron chi connectivity index (χ4n) is 4.15.